The van der Waals surface area contributed by atoms with Gasteiger partial charge in [0, 0.05) is 24.7 Å². The molecule has 6 heteroatoms. The van der Waals surface area contributed by atoms with Gasteiger partial charge in [-0.05, 0) is 49.3 Å². The summed E-state index contributed by atoms with van der Waals surface area (Å²) in [5.74, 6) is 0. The summed E-state index contributed by atoms with van der Waals surface area (Å²) in [6.07, 6.45) is 2.26. The van der Waals surface area contributed by atoms with Crippen LogP contribution in [-0.2, 0) is 10.0 Å². The van der Waals surface area contributed by atoms with Crippen molar-refractivity contribution in [3.8, 4) is 0 Å². The standard InChI is InChI=1S/C15H22ClNO3S/c1-3-15(11-18)6-8-17(9-7-15)21(19,20)14-10-13(16)5-4-12(14)2/h4-5,10,18H,3,6-9,11H2,1-2H3. The van der Waals surface area contributed by atoms with Gasteiger partial charge in [-0.25, -0.2) is 8.42 Å². The van der Waals surface area contributed by atoms with Gasteiger partial charge in [0.25, 0.3) is 0 Å². The Morgan fingerprint density at radius 3 is 2.48 bits per heavy atom. The van der Waals surface area contributed by atoms with Crippen LogP contribution in [0.2, 0.25) is 5.02 Å². The van der Waals surface area contributed by atoms with Crippen LogP contribution in [0, 0.1) is 12.3 Å². The fraction of sp³-hybridized carbons (Fsp3) is 0.600. The lowest BCUT2D eigenvalue weighted by Gasteiger charge is -2.39. The molecule has 4 nitrogen and oxygen atoms in total. The van der Waals surface area contributed by atoms with Gasteiger partial charge in [-0.15, -0.1) is 0 Å². The maximum Gasteiger partial charge on any atom is 0.243 e. The lowest BCUT2D eigenvalue weighted by atomic mass is 9.77. The second kappa shape index (κ2) is 6.24. The monoisotopic (exact) mass is 331 g/mol. The van der Waals surface area contributed by atoms with Crippen molar-refractivity contribution in [3.63, 3.8) is 0 Å². The van der Waals surface area contributed by atoms with E-state index < -0.39 is 10.0 Å². The molecule has 1 aromatic rings. The Labute approximate surface area is 131 Å². The Hall–Kier alpha value is -0.620. The number of nitrogens with zero attached hydrogens (tertiary/aromatic N) is 1. The van der Waals surface area contributed by atoms with Crippen molar-refractivity contribution in [2.24, 2.45) is 5.41 Å². The highest BCUT2D eigenvalue weighted by Gasteiger charge is 2.37. The number of piperidine rings is 1. The summed E-state index contributed by atoms with van der Waals surface area (Å²) in [6, 6.07) is 4.93. The third-order valence-electron chi connectivity index (χ3n) is 4.64. The first-order chi connectivity index (χ1) is 9.84. The summed E-state index contributed by atoms with van der Waals surface area (Å²) in [5, 5.41) is 9.97. The van der Waals surface area contributed by atoms with Gasteiger partial charge in [-0.2, -0.15) is 4.31 Å². The summed E-state index contributed by atoms with van der Waals surface area (Å²) >= 11 is 5.94. The smallest absolute Gasteiger partial charge is 0.243 e. The average molecular weight is 332 g/mol. The van der Waals surface area contributed by atoms with Crippen molar-refractivity contribution in [3.05, 3.63) is 28.8 Å². The number of hydrogen-bond donors (Lipinski definition) is 1. The number of aliphatic hydroxyl groups is 1. The lowest BCUT2D eigenvalue weighted by Crippen LogP contribution is -2.44. The second-order valence-corrected chi connectivity index (χ2v) is 8.17. The van der Waals surface area contributed by atoms with Gasteiger partial charge in [0.05, 0.1) is 4.90 Å². The summed E-state index contributed by atoms with van der Waals surface area (Å²) < 4.78 is 27.0. The molecule has 1 aliphatic rings. The van der Waals surface area contributed by atoms with E-state index in [1.165, 1.54) is 10.4 Å². The van der Waals surface area contributed by atoms with Gasteiger partial charge in [0.15, 0.2) is 0 Å². The zero-order valence-electron chi connectivity index (χ0n) is 12.5. The Balaban J connectivity index is 2.24. The molecule has 1 heterocycles. The van der Waals surface area contributed by atoms with Crippen LogP contribution in [0.25, 0.3) is 0 Å². The molecule has 0 bridgehead atoms. The van der Waals surface area contributed by atoms with E-state index in [0.717, 1.165) is 6.42 Å². The quantitative estimate of drug-likeness (QED) is 0.923. The predicted octanol–water partition coefficient (Wildman–Crippen LogP) is 2.82. The highest BCUT2D eigenvalue weighted by atomic mass is 35.5. The minimum absolute atomic E-state index is 0.119. The molecule has 21 heavy (non-hydrogen) atoms. The predicted molar refractivity (Wildman–Crippen MR) is 84.0 cm³/mol. The first-order valence-electron chi connectivity index (χ1n) is 7.22. The fourth-order valence-corrected chi connectivity index (χ4v) is 4.74. The van der Waals surface area contributed by atoms with Crippen molar-refractivity contribution in [1.29, 1.82) is 0 Å². The number of aryl methyl sites for hydroxylation is 1. The number of hydrogen-bond acceptors (Lipinski definition) is 3. The summed E-state index contributed by atoms with van der Waals surface area (Å²) in [4.78, 5) is 0.281. The molecule has 1 fully saturated rings. The number of benzene rings is 1. The van der Waals surface area contributed by atoms with E-state index >= 15 is 0 Å². The molecule has 1 N–H and O–H groups in total. The molecule has 0 atom stereocenters. The molecule has 0 amide bonds. The Morgan fingerprint density at radius 2 is 1.95 bits per heavy atom. The van der Waals surface area contributed by atoms with E-state index in [-0.39, 0.29) is 16.9 Å². The van der Waals surface area contributed by atoms with Crippen molar-refractivity contribution in [1.82, 2.24) is 4.31 Å². The van der Waals surface area contributed by atoms with Crippen molar-refractivity contribution < 1.29 is 13.5 Å². The van der Waals surface area contributed by atoms with Gasteiger partial charge in [-0.1, -0.05) is 24.6 Å². The van der Waals surface area contributed by atoms with Crippen molar-refractivity contribution in [2.45, 2.75) is 38.0 Å². The third kappa shape index (κ3) is 3.26. The molecule has 2 rings (SSSR count). The minimum Gasteiger partial charge on any atom is -0.396 e. The van der Waals surface area contributed by atoms with Crippen LogP contribution in [-0.4, -0.2) is 37.5 Å². The molecule has 0 unspecified atom stereocenters. The molecule has 0 aromatic heterocycles. The van der Waals surface area contributed by atoms with E-state index in [9.17, 15) is 13.5 Å². The van der Waals surface area contributed by atoms with Gasteiger partial charge in [0.1, 0.15) is 0 Å². The SMILES string of the molecule is CCC1(CO)CCN(S(=O)(=O)c2cc(Cl)ccc2C)CC1. The fourth-order valence-electron chi connectivity index (χ4n) is 2.82. The van der Waals surface area contributed by atoms with Crippen LogP contribution in [0.15, 0.2) is 23.1 Å². The second-order valence-electron chi connectivity index (χ2n) is 5.83. The Kier molecular flexibility index (Phi) is 4.98. The molecule has 1 aromatic carbocycles. The molecule has 1 aliphatic heterocycles. The van der Waals surface area contributed by atoms with Gasteiger partial charge < -0.3 is 5.11 Å². The number of sulfonamides is 1. The van der Waals surface area contributed by atoms with E-state index in [2.05, 4.69) is 0 Å². The molecule has 0 saturated carbocycles. The number of rotatable bonds is 4. The highest BCUT2D eigenvalue weighted by Crippen LogP contribution is 2.36. The molecular weight excluding hydrogens is 310 g/mol. The number of halogens is 1. The van der Waals surface area contributed by atoms with E-state index in [0.29, 0.717) is 36.5 Å². The van der Waals surface area contributed by atoms with Crippen LogP contribution < -0.4 is 0 Å². The molecule has 118 valence electrons. The maximum absolute atomic E-state index is 12.8. The molecule has 0 spiro atoms. The Bertz CT molecular complexity index is 601. The van der Waals surface area contributed by atoms with E-state index in [4.69, 9.17) is 11.6 Å². The molecule has 1 saturated heterocycles. The summed E-state index contributed by atoms with van der Waals surface area (Å²) in [5.41, 5.74) is 0.573. The summed E-state index contributed by atoms with van der Waals surface area (Å²) in [6.45, 7) is 4.83. The number of aliphatic hydroxyl groups excluding tert-OH is 1. The minimum atomic E-state index is -3.51. The normalized spacial score (nSPS) is 19.6. The van der Waals surface area contributed by atoms with Crippen molar-refractivity contribution in [2.75, 3.05) is 19.7 Å². The Morgan fingerprint density at radius 1 is 1.33 bits per heavy atom. The van der Waals surface area contributed by atoms with Crippen LogP contribution in [0.4, 0.5) is 0 Å². The maximum atomic E-state index is 12.8. The molecule has 0 aliphatic carbocycles. The van der Waals surface area contributed by atoms with Crippen LogP contribution >= 0.6 is 11.6 Å². The zero-order valence-corrected chi connectivity index (χ0v) is 14.0. The molecule has 0 radical (unpaired) electrons. The molecular formula is C15H22ClNO3S. The van der Waals surface area contributed by atoms with Gasteiger partial charge >= 0.3 is 0 Å². The van der Waals surface area contributed by atoms with Crippen LogP contribution in [0.3, 0.4) is 0 Å². The summed E-state index contributed by atoms with van der Waals surface area (Å²) in [7, 11) is -3.51. The zero-order chi connectivity index (χ0) is 15.7. The van der Waals surface area contributed by atoms with Crippen molar-refractivity contribution >= 4 is 21.6 Å². The van der Waals surface area contributed by atoms with Crippen LogP contribution in [0.5, 0.6) is 0 Å². The first-order valence-corrected chi connectivity index (χ1v) is 9.04. The van der Waals surface area contributed by atoms with Gasteiger partial charge in [0.2, 0.25) is 10.0 Å². The first kappa shape index (κ1) is 16.7. The van der Waals surface area contributed by atoms with E-state index in [1.54, 1.807) is 19.1 Å². The average Bonchev–Trinajstić information content (AvgIpc) is 2.49. The lowest BCUT2D eigenvalue weighted by molar-refractivity contribution is 0.0647. The van der Waals surface area contributed by atoms with Crippen LogP contribution in [0.1, 0.15) is 31.7 Å². The highest BCUT2D eigenvalue weighted by molar-refractivity contribution is 7.89. The van der Waals surface area contributed by atoms with Gasteiger partial charge in [-0.3, -0.25) is 0 Å². The topological polar surface area (TPSA) is 57.6 Å². The largest absolute Gasteiger partial charge is 0.396 e. The third-order valence-corrected chi connectivity index (χ3v) is 6.91. The van der Waals surface area contributed by atoms with E-state index in [1.807, 2.05) is 6.92 Å².